The average molecular weight is 319 g/mol. The summed E-state index contributed by atoms with van der Waals surface area (Å²) in [5.74, 6) is -0.0395. The van der Waals surface area contributed by atoms with E-state index < -0.39 is 0 Å². The minimum absolute atomic E-state index is 0.0395. The molecule has 1 amide bonds. The van der Waals surface area contributed by atoms with Gasteiger partial charge in [-0.15, -0.1) is 0 Å². The van der Waals surface area contributed by atoms with Gasteiger partial charge in [-0.25, -0.2) is 0 Å². The Morgan fingerprint density at radius 3 is 2.83 bits per heavy atom. The standard InChI is InChI=1S/C20H21N3O/c1-14-6-3-9-17-18(12-15(2)23-19(14)17)20(24)22-11-5-8-16-7-4-10-21-13-16/h3-4,6-7,9-10,12-13H,5,8,11H2,1-2H3,(H,22,24). The third kappa shape index (κ3) is 3.59. The summed E-state index contributed by atoms with van der Waals surface area (Å²) >= 11 is 0. The SMILES string of the molecule is Cc1cc(C(=O)NCCCc2cccnc2)c2cccc(C)c2n1. The molecule has 0 spiro atoms. The van der Waals surface area contributed by atoms with Gasteiger partial charge in [-0.2, -0.15) is 0 Å². The lowest BCUT2D eigenvalue weighted by atomic mass is 10.0. The van der Waals surface area contributed by atoms with Gasteiger partial charge in [0.15, 0.2) is 0 Å². The van der Waals surface area contributed by atoms with Crippen LogP contribution in [0, 0.1) is 13.8 Å². The van der Waals surface area contributed by atoms with Crippen molar-refractivity contribution in [3.8, 4) is 0 Å². The van der Waals surface area contributed by atoms with E-state index in [-0.39, 0.29) is 5.91 Å². The van der Waals surface area contributed by atoms with Crippen molar-refractivity contribution in [3.63, 3.8) is 0 Å². The van der Waals surface area contributed by atoms with E-state index >= 15 is 0 Å². The summed E-state index contributed by atoms with van der Waals surface area (Å²) in [7, 11) is 0. The van der Waals surface area contributed by atoms with E-state index in [4.69, 9.17) is 0 Å². The van der Waals surface area contributed by atoms with Gasteiger partial charge in [-0.05, 0) is 49.9 Å². The lowest BCUT2D eigenvalue weighted by Gasteiger charge is -2.10. The molecule has 122 valence electrons. The molecule has 3 aromatic rings. The molecule has 0 saturated heterocycles. The molecule has 2 heterocycles. The minimum Gasteiger partial charge on any atom is -0.352 e. The van der Waals surface area contributed by atoms with Crippen molar-refractivity contribution in [1.82, 2.24) is 15.3 Å². The summed E-state index contributed by atoms with van der Waals surface area (Å²) in [6, 6.07) is 11.8. The van der Waals surface area contributed by atoms with Crippen molar-refractivity contribution < 1.29 is 4.79 Å². The molecule has 0 bridgehead atoms. The molecule has 24 heavy (non-hydrogen) atoms. The van der Waals surface area contributed by atoms with Crippen LogP contribution in [0.25, 0.3) is 10.9 Å². The van der Waals surface area contributed by atoms with E-state index in [0.29, 0.717) is 12.1 Å². The van der Waals surface area contributed by atoms with Crippen molar-refractivity contribution in [2.45, 2.75) is 26.7 Å². The number of carbonyl (C=O) groups excluding carboxylic acids is 1. The van der Waals surface area contributed by atoms with Gasteiger partial charge < -0.3 is 5.32 Å². The molecule has 0 aliphatic rings. The Morgan fingerprint density at radius 1 is 1.17 bits per heavy atom. The number of nitrogens with one attached hydrogen (secondary N) is 1. The van der Waals surface area contributed by atoms with Crippen LogP contribution in [0.3, 0.4) is 0 Å². The number of benzene rings is 1. The third-order valence-corrected chi connectivity index (χ3v) is 4.06. The summed E-state index contributed by atoms with van der Waals surface area (Å²) < 4.78 is 0. The smallest absolute Gasteiger partial charge is 0.252 e. The number of para-hydroxylation sites is 1. The molecule has 0 atom stereocenters. The molecule has 3 rings (SSSR count). The van der Waals surface area contributed by atoms with Gasteiger partial charge in [-0.1, -0.05) is 24.3 Å². The number of rotatable bonds is 5. The number of aromatic nitrogens is 2. The maximum atomic E-state index is 12.6. The Labute approximate surface area is 142 Å². The second kappa shape index (κ2) is 7.21. The van der Waals surface area contributed by atoms with E-state index in [1.807, 2.05) is 50.4 Å². The zero-order valence-corrected chi connectivity index (χ0v) is 14.0. The first-order valence-electron chi connectivity index (χ1n) is 8.19. The molecule has 2 aromatic heterocycles. The number of hydrogen-bond donors (Lipinski definition) is 1. The van der Waals surface area contributed by atoms with Crippen LogP contribution in [0.2, 0.25) is 0 Å². The topological polar surface area (TPSA) is 54.9 Å². The van der Waals surface area contributed by atoms with E-state index in [9.17, 15) is 4.79 Å². The molecule has 4 nitrogen and oxygen atoms in total. The van der Waals surface area contributed by atoms with E-state index in [1.54, 1.807) is 6.20 Å². The maximum Gasteiger partial charge on any atom is 0.252 e. The number of amides is 1. The molecule has 1 N–H and O–H groups in total. The van der Waals surface area contributed by atoms with E-state index in [2.05, 4.69) is 21.4 Å². The van der Waals surface area contributed by atoms with Gasteiger partial charge in [0.2, 0.25) is 0 Å². The predicted molar refractivity (Wildman–Crippen MR) is 96.1 cm³/mol. The van der Waals surface area contributed by atoms with Crippen LogP contribution < -0.4 is 5.32 Å². The van der Waals surface area contributed by atoms with Crippen LogP contribution in [-0.4, -0.2) is 22.4 Å². The zero-order valence-electron chi connectivity index (χ0n) is 14.0. The second-order valence-corrected chi connectivity index (χ2v) is 6.00. The first kappa shape index (κ1) is 16.1. The second-order valence-electron chi connectivity index (χ2n) is 6.00. The van der Waals surface area contributed by atoms with Crippen LogP contribution in [0.4, 0.5) is 0 Å². The Balaban J connectivity index is 1.69. The first-order chi connectivity index (χ1) is 11.6. The Bertz CT molecular complexity index is 859. The molecule has 0 aliphatic heterocycles. The summed E-state index contributed by atoms with van der Waals surface area (Å²) in [6.07, 6.45) is 5.43. The Hall–Kier alpha value is -2.75. The maximum absolute atomic E-state index is 12.6. The molecule has 0 unspecified atom stereocenters. The van der Waals surface area contributed by atoms with Crippen molar-refractivity contribution in [1.29, 1.82) is 0 Å². The minimum atomic E-state index is -0.0395. The average Bonchev–Trinajstić information content (AvgIpc) is 2.59. The fourth-order valence-electron chi connectivity index (χ4n) is 2.84. The number of nitrogens with zero attached hydrogens (tertiary/aromatic N) is 2. The van der Waals surface area contributed by atoms with Gasteiger partial charge in [0.1, 0.15) is 0 Å². The van der Waals surface area contributed by atoms with Crippen molar-refractivity contribution in [2.24, 2.45) is 0 Å². The van der Waals surface area contributed by atoms with Gasteiger partial charge in [0.25, 0.3) is 5.91 Å². The molecular formula is C20H21N3O. The highest BCUT2D eigenvalue weighted by atomic mass is 16.1. The number of pyridine rings is 2. The van der Waals surface area contributed by atoms with Gasteiger partial charge in [-0.3, -0.25) is 14.8 Å². The summed E-state index contributed by atoms with van der Waals surface area (Å²) in [5, 5.41) is 3.93. The van der Waals surface area contributed by atoms with Crippen LogP contribution in [0.1, 0.15) is 33.6 Å². The van der Waals surface area contributed by atoms with Crippen LogP contribution in [0.15, 0.2) is 48.8 Å². The lowest BCUT2D eigenvalue weighted by Crippen LogP contribution is -2.25. The van der Waals surface area contributed by atoms with Crippen LogP contribution in [0.5, 0.6) is 0 Å². The van der Waals surface area contributed by atoms with E-state index in [1.165, 1.54) is 5.56 Å². The Kier molecular flexibility index (Phi) is 4.85. The molecule has 4 heteroatoms. The number of hydrogen-bond acceptors (Lipinski definition) is 3. The Morgan fingerprint density at radius 2 is 2.04 bits per heavy atom. The van der Waals surface area contributed by atoms with Gasteiger partial charge in [0.05, 0.1) is 11.1 Å². The summed E-state index contributed by atoms with van der Waals surface area (Å²) in [4.78, 5) is 21.3. The van der Waals surface area contributed by atoms with Crippen molar-refractivity contribution in [3.05, 3.63) is 71.2 Å². The number of fused-ring (bicyclic) bond motifs is 1. The lowest BCUT2D eigenvalue weighted by molar-refractivity contribution is 0.0954. The number of carbonyl (C=O) groups is 1. The zero-order chi connectivity index (χ0) is 16.9. The molecular weight excluding hydrogens is 298 g/mol. The largest absolute Gasteiger partial charge is 0.352 e. The van der Waals surface area contributed by atoms with Crippen LogP contribution >= 0.6 is 0 Å². The summed E-state index contributed by atoms with van der Waals surface area (Å²) in [6.45, 7) is 4.58. The van der Waals surface area contributed by atoms with Crippen molar-refractivity contribution >= 4 is 16.8 Å². The monoisotopic (exact) mass is 319 g/mol. The summed E-state index contributed by atoms with van der Waals surface area (Å²) in [5.41, 5.74) is 4.73. The van der Waals surface area contributed by atoms with Crippen LogP contribution in [-0.2, 0) is 6.42 Å². The van der Waals surface area contributed by atoms with Crippen molar-refractivity contribution in [2.75, 3.05) is 6.54 Å². The molecule has 1 aromatic carbocycles. The molecule has 0 saturated carbocycles. The normalized spacial score (nSPS) is 10.8. The highest BCUT2D eigenvalue weighted by Gasteiger charge is 2.12. The molecule has 0 radical (unpaired) electrons. The van der Waals surface area contributed by atoms with E-state index in [0.717, 1.165) is 35.0 Å². The number of aryl methyl sites for hydroxylation is 3. The third-order valence-electron chi connectivity index (χ3n) is 4.06. The highest BCUT2D eigenvalue weighted by molar-refractivity contribution is 6.06. The quantitative estimate of drug-likeness (QED) is 0.731. The fourth-order valence-corrected chi connectivity index (χ4v) is 2.84. The van der Waals surface area contributed by atoms with Gasteiger partial charge >= 0.3 is 0 Å². The molecule has 0 aliphatic carbocycles. The molecule has 0 fully saturated rings. The fraction of sp³-hybridized carbons (Fsp3) is 0.250. The highest BCUT2D eigenvalue weighted by Crippen LogP contribution is 2.21. The van der Waals surface area contributed by atoms with Gasteiger partial charge in [0, 0.05) is 30.0 Å². The first-order valence-corrected chi connectivity index (χ1v) is 8.19. The predicted octanol–water partition coefficient (Wildman–Crippen LogP) is 3.61.